The Morgan fingerprint density at radius 1 is 1.38 bits per heavy atom. The van der Waals surface area contributed by atoms with Crippen molar-refractivity contribution < 1.29 is 27.5 Å². The van der Waals surface area contributed by atoms with Crippen molar-refractivity contribution in [1.29, 1.82) is 0 Å². The first-order chi connectivity index (χ1) is 12.1. The Balaban J connectivity index is 2.00. The van der Waals surface area contributed by atoms with Crippen LogP contribution >= 0.6 is 0 Å². The Labute approximate surface area is 146 Å². The van der Waals surface area contributed by atoms with E-state index in [9.17, 15) is 27.5 Å². The molecule has 0 saturated heterocycles. The van der Waals surface area contributed by atoms with E-state index in [1.165, 1.54) is 37.5 Å². The molecule has 1 aliphatic rings. The molecule has 138 valence electrons. The molecule has 0 amide bonds. The highest BCUT2D eigenvalue weighted by atomic mass is 19.4. The standard InChI is InChI=1S/C18H16F4N2O2/c1-11-14(3-2-4-15(11)19)17(16(25)26)6-5-12(7-17)13-8-23-24(9-13)10-18(20,21)22/h2-4,7-9H,5-6,10H2,1H3,(H,25,26)/t17-/m0/s1. The van der Waals surface area contributed by atoms with Gasteiger partial charge in [-0.25, -0.2) is 4.39 Å². The van der Waals surface area contributed by atoms with E-state index < -0.39 is 29.9 Å². The van der Waals surface area contributed by atoms with Crippen LogP contribution in [-0.2, 0) is 16.8 Å². The van der Waals surface area contributed by atoms with E-state index in [0.717, 1.165) is 4.68 Å². The predicted molar refractivity (Wildman–Crippen MR) is 85.9 cm³/mol. The third-order valence-corrected chi connectivity index (χ3v) is 4.68. The number of nitrogens with zero attached hydrogens (tertiary/aromatic N) is 2. The zero-order valence-corrected chi connectivity index (χ0v) is 13.8. The molecule has 0 saturated carbocycles. The molecule has 3 rings (SSSR count). The van der Waals surface area contributed by atoms with Crippen LogP contribution in [0.15, 0.2) is 36.7 Å². The number of alkyl halides is 3. The molecule has 0 fully saturated rings. The number of aromatic nitrogens is 2. The summed E-state index contributed by atoms with van der Waals surface area (Å²) in [6.45, 7) is 0.301. The highest BCUT2D eigenvalue weighted by Gasteiger charge is 2.43. The number of halogens is 4. The number of rotatable bonds is 4. The molecular weight excluding hydrogens is 352 g/mol. The summed E-state index contributed by atoms with van der Waals surface area (Å²) in [5, 5.41) is 13.5. The SMILES string of the molecule is Cc1c(F)cccc1[C@@]1(C(=O)O)C=C(c2cnn(CC(F)(F)F)c2)CC1. The van der Waals surface area contributed by atoms with Gasteiger partial charge < -0.3 is 5.11 Å². The Hall–Kier alpha value is -2.64. The molecule has 1 N–H and O–H groups in total. The van der Waals surface area contributed by atoms with Crippen molar-refractivity contribution >= 4 is 11.5 Å². The van der Waals surface area contributed by atoms with Crippen LogP contribution in [0, 0.1) is 12.7 Å². The van der Waals surface area contributed by atoms with Gasteiger partial charge in [0.2, 0.25) is 0 Å². The van der Waals surface area contributed by atoms with E-state index in [4.69, 9.17) is 0 Å². The molecule has 0 radical (unpaired) electrons. The molecule has 0 unspecified atom stereocenters. The van der Waals surface area contributed by atoms with Crippen LogP contribution in [0.5, 0.6) is 0 Å². The van der Waals surface area contributed by atoms with Gasteiger partial charge >= 0.3 is 12.1 Å². The molecule has 26 heavy (non-hydrogen) atoms. The number of carboxylic acid groups (broad SMARTS) is 1. The maximum absolute atomic E-state index is 13.9. The van der Waals surface area contributed by atoms with Gasteiger partial charge in [0.1, 0.15) is 17.8 Å². The summed E-state index contributed by atoms with van der Waals surface area (Å²) in [4.78, 5) is 12.0. The fraction of sp³-hybridized carbons (Fsp3) is 0.333. The summed E-state index contributed by atoms with van der Waals surface area (Å²) in [7, 11) is 0. The van der Waals surface area contributed by atoms with Crippen LogP contribution in [0.4, 0.5) is 17.6 Å². The third-order valence-electron chi connectivity index (χ3n) is 4.68. The van der Waals surface area contributed by atoms with Gasteiger partial charge in [-0.15, -0.1) is 0 Å². The molecule has 4 nitrogen and oxygen atoms in total. The number of allylic oxidation sites excluding steroid dienone is 1. The van der Waals surface area contributed by atoms with E-state index in [0.29, 0.717) is 23.1 Å². The van der Waals surface area contributed by atoms with Crippen molar-refractivity contribution in [3.63, 3.8) is 0 Å². The molecule has 0 spiro atoms. The molecule has 1 aliphatic carbocycles. The Morgan fingerprint density at radius 3 is 2.77 bits per heavy atom. The molecular formula is C18H16F4N2O2. The lowest BCUT2D eigenvalue weighted by molar-refractivity contribution is -0.143. The first kappa shape index (κ1) is 18.2. The number of benzene rings is 1. The Morgan fingerprint density at radius 2 is 2.12 bits per heavy atom. The summed E-state index contributed by atoms with van der Waals surface area (Å²) in [6.07, 6.45) is 0.193. The summed E-state index contributed by atoms with van der Waals surface area (Å²) in [6, 6.07) is 4.28. The zero-order valence-electron chi connectivity index (χ0n) is 13.8. The Bertz CT molecular complexity index is 886. The second-order valence-corrected chi connectivity index (χ2v) is 6.40. The lowest BCUT2D eigenvalue weighted by Crippen LogP contribution is -2.32. The van der Waals surface area contributed by atoms with E-state index >= 15 is 0 Å². The maximum atomic E-state index is 13.9. The molecule has 1 aromatic heterocycles. The van der Waals surface area contributed by atoms with E-state index in [2.05, 4.69) is 5.10 Å². The van der Waals surface area contributed by atoms with Crippen molar-refractivity contribution in [2.45, 2.75) is 37.9 Å². The van der Waals surface area contributed by atoms with Crippen molar-refractivity contribution in [3.8, 4) is 0 Å². The number of hydrogen-bond donors (Lipinski definition) is 1. The van der Waals surface area contributed by atoms with Crippen molar-refractivity contribution in [3.05, 3.63) is 59.2 Å². The topological polar surface area (TPSA) is 55.1 Å². The summed E-state index contributed by atoms with van der Waals surface area (Å²) >= 11 is 0. The van der Waals surface area contributed by atoms with Gasteiger partial charge in [-0.1, -0.05) is 18.2 Å². The van der Waals surface area contributed by atoms with Crippen molar-refractivity contribution in [1.82, 2.24) is 9.78 Å². The van der Waals surface area contributed by atoms with Gasteiger partial charge in [0, 0.05) is 11.8 Å². The minimum atomic E-state index is -4.39. The van der Waals surface area contributed by atoms with Crippen LogP contribution in [0.25, 0.3) is 5.57 Å². The minimum absolute atomic E-state index is 0.201. The molecule has 2 aromatic rings. The molecule has 8 heteroatoms. The Kier molecular flexibility index (Phi) is 4.37. The zero-order chi connectivity index (χ0) is 19.1. The summed E-state index contributed by atoms with van der Waals surface area (Å²) < 4.78 is 52.1. The predicted octanol–water partition coefficient (Wildman–Crippen LogP) is 4.09. The maximum Gasteiger partial charge on any atom is 0.408 e. The van der Waals surface area contributed by atoms with Crippen LogP contribution in [0.1, 0.15) is 29.5 Å². The second-order valence-electron chi connectivity index (χ2n) is 6.40. The second kappa shape index (κ2) is 6.26. The average molecular weight is 368 g/mol. The van der Waals surface area contributed by atoms with Gasteiger partial charge in [0.15, 0.2) is 0 Å². The highest BCUT2D eigenvalue weighted by Crippen LogP contribution is 2.44. The van der Waals surface area contributed by atoms with E-state index in [1.54, 1.807) is 6.07 Å². The molecule has 1 heterocycles. The monoisotopic (exact) mass is 368 g/mol. The lowest BCUT2D eigenvalue weighted by atomic mass is 9.78. The van der Waals surface area contributed by atoms with Crippen molar-refractivity contribution in [2.75, 3.05) is 0 Å². The smallest absolute Gasteiger partial charge is 0.408 e. The molecule has 0 aliphatic heterocycles. The molecule has 1 aromatic carbocycles. The minimum Gasteiger partial charge on any atom is -0.480 e. The largest absolute Gasteiger partial charge is 0.480 e. The van der Waals surface area contributed by atoms with Crippen LogP contribution in [-0.4, -0.2) is 27.0 Å². The van der Waals surface area contributed by atoms with Gasteiger partial charge in [-0.2, -0.15) is 18.3 Å². The molecule has 0 bridgehead atoms. The third kappa shape index (κ3) is 3.23. The van der Waals surface area contributed by atoms with Gasteiger partial charge in [-0.05, 0) is 42.5 Å². The fourth-order valence-electron chi connectivity index (χ4n) is 3.39. The van der Waals surface area contributed by atoms with Crippen LogP contribution in [0.3, 0.4) is 0 Å². The quantitative estimate of drug-likeness (QED) is 0.827. The normalized spacial score (nSPS) is 20.3. The summed E-state index contributed by atoms with van der Waals surface area (Å²) in [5.41, 5.74) is 0.215. The summed E-state index contributed by atoms with van der Waals surface area (Å²) in [5.74, 6) is -1.62. The lowest BCUT2D eigenvalue weighted by Gasteiger charge is -2.24. The van der Waals surface area contributed by atoms with Gasteiger partial charge in [0.25, 0.3) is 0 Å². The van der Waals surface area contributed by atoms with E-state index in [-0.39, 0.29) is 12.0 Å². The number of carbonyl (C=O) groups is 1. The van der Waals surface area contributed by atoms with Crippen LogP contribution in [0.2, 0.25) is 0 Å². The molecule has 1 atom stereocenters. The van der Waals surface area contributed by atoms with Gasteiger partial charge in [0.05, 0.1) is 6.20 Å². The van der Waals surface area contributed by atoms with Gasteiger partial charge in [-0.3, -0.25) is 9.48 Å². The average Bonchev–Trinajstić information content (AvgIpc) is 3.16. The number of aliphatic carboxylic acids is 1. The van der Waals surface area contributed by atoms with E-state index in [1.807, 2.05) is 0 Å². The fourth-order valence-corrected chi connectivity index (χ4v) is 3.39. The number of carboxylic acids is 1. The number of hydrogen-bond acceptors (Lipinski definition) is 2. The van der Waals surface area contributed by atoms with Crippen molar-refractivity contribution in [2.24, 2.45) is 0 Å². The first-order valence-corrected chi connectivity index (χ1v) is 7.93. The highest BCUT2D eigenvalue weighted by molar-refractivity contribution is 5.90. The van der Waals surface area contributed by atoms with Crippen LogP contribution < -0.4 is 0 Å². The first-order valence-electron chi connectivity index (χ1n) is 7.93.